The van der Waals surface area contributed by atoms with E-state index < -0.39 is 6.10 Å². The van der Waals surface area contributed by atoms with Gasteiger partial charge in [0.1, 0.15) is 13.2 Å². The van der Waals surface area contributed by atoms with Gasteiger partial charge in [-0.3, -0.25) is 14.4 Å². The number of unbranched alkanes of at least 4 members (excludes halogenated alkanes) is 39. The van der Waals surface area contributed by atoms with Crippen LogP contribution < -0.4 is 0 Å². The van der Waals surface area contributed by atoms with Gasteiger partial charge in [0.15, 0.2) is 6.10 Å². The first-order chi connectivity index (χ1) is 29.5. The molecule has 0 unspecified atom stereocenters. The molecule has 0 rings (SSSR count). The van der Waals surface area contributed by atoms with Crippen LogP contribution in [0.1, 0.15) is 310 Å². The number of hydrogen-bond donors (Lipinski definition) is 0. The lowest BCUT2D eigenvalue weighted by atomic mass is 10.0. The molecule has 0 bridgehead atoms. The van der Waals surface area contributed by atoms with E-state index >= 15 is 0 Å². The second-order valence-corrected chi connectivity index (χ2v) is 18.5. The normalized spacial score (nSPS) is 11.8. The van der Waals surface area contributed by atoms with E-state index in [2.05, 4.69) is 20.8 Å². The maximum Gasteiger partial charge on any atom is 0.306 e. The van der Waals surface area contributed by atoms with Crippen LogP contribution in [0.4, 0.5) is 0 Å². The summed E-state index contributed by atoms with van der Waals surface area (Å²) in [5.41, 5.74) is 0. The average molecular weight is 849 g/mol. The predicted octanol–water partition coefficient (Wildman–Crippen LogP) is 17.6. The molecule has 0 aliphatic carbocycles. The van der Waals surface area contributed by atoms with Crippen molar-refractivity contribution in [1.29, 1.82) is 0 Å². The molecule has 0 aromatic rings. The molecule has 0 amide bonds. The van der Waals surface area contributed by atoms with Crippen LogP contribution in [0.3, 0.4) is 0 Å². The second kappa shape index (κ2) is 50.1. The first-order valence-corrected chi connectivity index (χ1v) is 27.0. The lowest BCUT2D eigenvalue weighted by molar-refractivity contribution is -0.167. The van der Waals surface area contributed by atoms with Gasteiger partial charge in [-0.15, -0.1) is 0 Å². The Morgan fingerprint density at radius 2 is 0.450 bits per heavy atom. The van der Waals surface area contributed by atoms with Gasteiger partial charge in [0.05, 0.1) is 0 Å². The summed E-state index contributed by atoms with van der Waals surface area (Å²) >= 11 is 0. The molecule has 0 radical (unpaired) electrons. The molecule has 6 nitrogen and oxygen atoms in total. The number of hydrogen-bond acceptors (Lipinski definition) is 6. The Labute approximate surface area is 374 Å². The van der Waals surface area contributed by atoms with E-state index in [9.17, 15) is 14.4 Å². The Bertz CT molecular complexity index is 889. The van der Waals surface area contributed by atoms with Gasteiger partial charge in [0, 0.05) is 19.3 Å². The number of rotatable bonds is 50. The molecule has 0 heterocycles. The summed E-state index contributed by atoms with van der Waals surface area (Å²) < 4.78 is 16.8. The molecule has 0 aliphatic rings. The van der Waals surface area contributed by atoms with E-state index in [-0.39, 0.29) is 31.1 Å². The molecule has 1 atom stereocenters. The van der Waals surface area contributed by atoms with Crippen LogP contribution in [0.25, 0.3) is 0 Å². The SMILES string of the molecule is CCCCCCCCCCCCCCCCCCCCCC(=O)OC[C@H](COC(=O)CCCCCCCCCCCCCCCC)OC(=O)CCCCCCCCCCC. The zero-order valence-corrected chi connectivity index (χ0v) is 40.8. The van der Waals surface area contributed by atoms with Gasteiger partial charge >= 0.3 is 17.9 Å². The maximum atomic E-state index is 12.7. The van der Waals surface area contributed by atoms with E-state index in [4.69, 9.17) is 14.2 Å². The number of ether oxygens (including phenoxy) is 3. The van der Waals surface area contributed by atoms with Crippen molar-refractivity contribution in [2.24, 2.45) is 0 Å². The van der Waals surface area contributed by atoms with E-state index in [1.54, 1.807) is 0 Å². The Hall–Kier alpha value is -1.59. The summed E-state index contributed by atoms with van der Waals surface area (Å²) in [5.74, 6) is -0.842. The van der Waals surface area contributed by atoms with Crippen LogP contribution >= 0.6 is 0 Å². The first kappa shape index (κ1) is 58.4. The Morgan fingerprint density at radius 1 is 0.267 bits per heavy atom. The van der Waals surface area contributed by atoms with Crippen LogP contribution in [0.15, 0.2) is 0 Å². The van der Waals surface area contributed by atoms with E-state index in [1.807, 2.05) is 0 Å². The van der Waals surface area contributed by atoms with Crippen LogP contribution in [0.2, 0.25) is 0 Å². The summed E-state index contributed by atoms with van der Waals surface area (Å²) in [6.45, 7) is 6.67. The molecule has 0 saturated carbocycles. The number of esters is 3. The van der Waals surface area contributed by atoms with Gasteiger partial charge in [-0.05, 0) is 19.3 Å². The minimum atomic E-state index is -0.759. The summed E-state index contributed by atoms with van der Waals surface area (Å²) in [7, 11) is 0. The quantitative estimate of drug-likeness (QED) is 0.0345. The van der Waals surface area contributed by atoms with E-state index in [1.165, 1.54) is 212 Å². The Morgan fingerprint density at radius 3 is 0.667 bits per heavy atom. The van der Waals surface area contributed by atoms with Crippen LogP contribution in [-0.2, 0) is 28.6 Å². The third-order valence-electron chi connectivity index (χ3n) is 12.4. The number of carbonyl (C=O) groups excluding carboxylic acids is 3. The van der Waals surface area contributed by atoms with Crippen molar-refractivity contribution >= 4 is 17.9 Å². The molecule has 0 fully saturated rings. The largest absolute Gasteiger partial charge is 0.462 e. The molecule has 0 aliphatic heterocycles. The fourth-order valence-corrected chi connectivity index (χ4v) is 8.27. The van der Waals surface area contributed by atoms with Gasteiger partial charge in [-0.25, -0.2) is 0 Å². The average Bonchev–Trinajstić information content (AvgIpc) is 3.24. The molecule has 0 aromatic heterocycles. The third kappa shape index (κ3) is 47.5. The van der Waals surface area contributed by atoms with Crippen molar-refractivity contribution in [2.75, 3.05) is 13.2 Å². The minimum Gasteiger partial charge on any atom is -0.462 e. The molecule has 0 saturated heterocycles. The molecular formula is C54H104O6. The fourth-order valence-electron chi connectivity index (χ4n) is 8.27. The van der Waals surface area contributed by atoms with Crippen LogP contribution in [-0.4, -0.2) is 37.2 Å². The van der Waals surface area contributed by atoms with Crippen molar-refractivity contribution in [2.45, 2.75) is 316 Å². The molecule has 60 heavy (non-hydrogen) atoms. The molecule has 0 spiro atoms. The van der Waals surface area contributed by atoms with E-state index in [0.29, 0.717) is 19.3 Å². The summed E-state index contributed by atoms with van der Waals surface area (Å²) in [5, 5.41) is 0. The Kier molecular flexibility index (Phi) is 48.7. The topological polar surface area (TPSA) is 78.9 Å². The number of carbonyl (C=O) groups is 3. The van der Waals surface area contributed by atoms with Gasteiger partial charge in [-0.1, -0.05) is 271 Å². The van der Waals surface area contributed by atoms with Gasteiger partial charge in [-0.2, -0.15) is 0 Å². The van der Waals surface area contributed by atoms with E-state index in [0.717, 1.165) is 57.8 Å². The molecule has 0 aromatic carbocycles. The van der Waals surface area contributed by atoms with Gasteiger partial charge in [0.25, 0.3) is 0 Å². The van der Waals surface area contributed by atoms with Crippen molar-refractivity contribution in [3.63, 3.8) is 0 Å². The monoisotopic (exact) mass is 849 g/mol. The summed E-state index contributed by atoms with van der Waals surface area (Å²) in [4.78, 5) is 37.9. The Balaban J connectivity index is 4.19. The molecular weight excluding hydrogens is 745 g/mol. The maximum absolute atomic E-state index is 12.7. The lowest BCUT2D eigenvalue weighted by Gasteiger charge is -2.18. The highest BCUT2D eigenvalue weighted by molar-refractivity contribution is 5.71. The predicted molar refractivity (Wildman–Crippen MR) is 257 cm³/mol. The molecule has 6 heteroatoms. The highest BCUT2D eigenvalue weighted by Crippen LogP contribution is 2.17. The zero-order chi connectivity index (χ0) is 43.7. The third-order valence-corrected chi connectivity index (χ3v) is 12.4. The van der Waals surface area contributed by atoms with Gasteiger partial charge in [0.2, 0.25) is 0 Å². The van der Waals surface area contributed by atoms with Crippen LogP contribution in [0.5, 0.6) is 0 Å². The highest BCUT2D eigenvalue weighted by Gasteiger charge is 2.19. The smallest absolute Gasteiger partial charge is 0.306 e. The van der Waals surface area contributed by atoms with Crippen molar-refractivity contribution in [3.05, 3.63) is 0 Å². The summed E-state index contributed by atoms with van der Waals surface area (Å²) in [6.07, 6.45) is 53.8. The standard InChI is InChI=1S/C54H104O6/c1-4-7-10-13-16-19-21-23-25-26-27-28-29-31-33-36-38-41-44-47-53(56)59-50-51(60-54(57)48-45-42-39-34-18-15-12-9-6-3)49-58-52(55)46-43-40-37-35-32-30-24-22-20-17-14-11-8-5-2/h51H,4-50H2,1-3H3/t51-/m0/s1. The van der Waals surface area contributed by atoms with Crippen molar-refractivity contribution < 1.29 is 28.6 Å². The lowest BCUT2D eigenvalue weighted by Crippen LogP contribution is -2.30. The fraction of sp³-hybridized carbons (Fsp3) is 0.944. The zero-order valence-electron chi connectivity index (χ0n) is 40.8. The van der Waals surface area contributed by atoms with Crippen molar-refractivity contribution in [3.8, 4) is 0 Å². The molecule has 356 valence electrons. The highest BCUT2D eigenvalue weighted by atomic mass is 16.6. The van der Waals surface area contributed by atoms with Crippen molar-refractivity contribution in [1.82, 2.24) is 0 Å². The minimum absolute atomic E-state index is 0.0619. The molecule has 0 N–H and O–H groups in total. The van der Waals surface area contributed by atoms with Crippen LogP contribution in [0, 0.1) is 0 Å². The second-order valence-electron chi connectivity index (χ2n) is 18.5. The summed E-state index contributed by atoms with van der Waals surface area (Å²) in [6, 6.07) is 0. The first-order valence-electron chi connectivity index (χ1n) is 27.0. The van der Waals surface area contributed by atoms with Gasteiger partial charge < -0.3 is 14.2 Å².